The van der Waals surface area contributed by atoms with E-state index in [0.717, 1.165) is 22.5 Å². The Hall–Kier alpha value is -4.36. The Bertz CT molecular complexity index is 1870. The van der Waals surface area contributed by atoms with Crippen LogP contribution in [0, 0.1) is 0 Å². The molecule has 204 valence electrons. The topological polar surface area (TPSA) is 48.3 Å². The number of rotatable bonds is 5. The number of hydrogen-bond donors (Lipinski definition) is 0. The number of Topliss-reactive ketones (excluding diaryl/α,β-unsaturated/α-hetero) is 1. The summed E-state index contributed by atoms with van der Waals surface area (Å²) in [7, 11) is 0. The second-order valence-corrected chi connectivity index (χ2v) is 11.7. The molecule has 1 spiro atoms. The van der Waals surface area contributed by atoms with E-state index in [9.17, 15) is 4.79 Å². The van der Waals surface area contributed by atoms with Crippen LogP contribution in [0.5, 0.6) is 0 Å². The standard InChI is InChI=1S/C34H22Cl2N4OS/c35-24-20-21-30(36)28(22-24)31-27-18-10-11-19-29(27)34(39(37-31)25-14-6-2-7-15-25)40(26-16-8-3-9-17-26)38-33(42-34)32(41)23-12-4-1-5-13-23/h1-22H/t34-/m1/s1. The summed E-state index contributed by atoms with van der Waals surface area (Å²) in [6.45, 7) is 0. The Morgan fingerprint density at radius 1 is 0.643 bits per heavy atom. The van der Waals surface area contributed by atoms with Gasteiger partial charge in [0.1, 0.15) is 5.71 Å². The van der Waals surface area contributed by atoms with Crippen LogP contribution in [0.25, 0.3) is 0 Å². The number of halogens is 2. The van der Waals surface area contributed by atoms with Gasteiger partial charge >= 0.3 is 0 Å². The molecule has 0 bridgehead atoms. The van der Waals surface area contributed by atoms with E-state index in [4.69, 9.17) is 33.4 Å². The Balaban J connectivity index is 1.51. The molecule has 0 saturated carbocycles. The van der Waals surface area contributed by atoms with Crippen molar-refractivity contribution in [1.29, 1.82) is 0 Å². The molecule has 1 atom stereocenters. The number of benzene rings is 5. The van der Waals surface area contributed by atoms with Crippen LogP contribution in [0.1, 0.15) is 27.0 Å². The zero-order valence-electron chi connectivity index (χ0n) is 22.1. The van der Waals surface area contributed by atoms with Crippen LogP contribution in [-0.4, -0.2) is 16.5 Å². The summed E-state index contributed by atoms with van der Waals surface area (Å²) in [5.74, 6) is -0.156. The number of carbonyl (C=O) groups excluding carboxylic acids is 1. The SMILES string of the molecule is O=C(C1=NN(c2ccccc2)[C@@]2(S1)c1ccccc1C(c1cc(Cl)ccc1Cl)=NN2c1ccccc1)c1ccccc1. The fourth-order valence-electron chi connectivity index (χ4n) is 5.25. The third-order valence-electron chi connectivity index (χ3n) is 7.15. The van der Waals surface area contributed by atoms with E-state index in [2.05, 4.69) is 6.07 Å². The lowest BCUT2D eigenvalue weighted by Gasteiger charge is -2.47. The maximum atomic E-state index is 13.9. The molecule has 2 aliphatic rings. The zero-order chi connectivity index (χ0) is 28.7. The van der Waals surface area contributed by atoms with Gasteiger partial charge < -0.3 is 0 Å². The highest BCUT2D eigenvalue weighted by Crippen LogP contribution is 2.55. The van der Waals surface area contributed by atoms with Crippen molar-refractivity contribution in [2.75, 3.05) is 10.0 Å². The van der Waals surface area contributed by atoms with Crippen molar-refractivity contribution in [3.8, 4) is 0 Å². The lowest BCUT2D eigenvalue weighted by molar-refractivity contribution is 0.106. The van der Waals surface area contributed by atoms with Gasteiger partial charge in [0.25, 0.3) is 0 Å². The summed E-state index contributed by atoms with van der Waals surface area (Å²) in [5, 5.41) is 15.6. The third-order valence-corrected chi connectivity index (χ3v) is 9.03. The van der Waals surface area contributed by atoms with Gasteiger partial charge in [-0.15, -0.1) is 0 Å². The van der Waals surface area contributed by atoms with E-state index < -0.39 is 4.99 Å². The number of hydrogen-bond acceptors (Lipinski definition) is 6. The maximum Gasteiger partial charge on any atom is 0.234 e. The molecule has 0 amide bonds. The largest absolute Gasteiger partial charge is 0.286 e. The van der Waals surface area contributed by atoms with Gasteiger partial charge in [-0.05, 0) is 54.2 Å². The average molecular weight is 606 g/mol. The van der Waals surface area contributed by atoms with Crippen LogP contribution in [0.15, 0.2) is 144 Å². The minimum atomic E-state index is -1.08. The molecule has 0 aliphatic carbocycles. The van der Waals surface area contributed by atoms with E-state index in [-0.39, 0.29) is 5.78 Å². The van der Waals surface area contributed by atoms with E-state index >= 15 is 0 Å². The van der Waals surface area contributed by atoms with Crippen molar-refractivity contribution in [3.05, 3.63) is 166 Å². The quantitative estimate of drug-likeness (QED) is 0.188. The van der Waals surface area contributed by atoms with Gasteiger partial charge in [-0.1, -0.05) is 114 Å². The van der Waals surface area contributed by atoms with Gasteiger partial charge in [0.2, 0.25) is 10.8 Å². The lowest BCUT2D eigenvalue weighted by Crippen LogP contribution is -2.54. The molecule has 5 aromatic carbocycles. The number of thioether (sulfide) groups is 1. The number of anilines is 2. The first-order valence-electron chi connectivity index (χ1n) is 13.3. The van der Waals surface area contributed by atoms with Crippen LogP contribution < -0.4 is 10.0 Å². The highest BCUT2D eigenvalue weighted by atomic mass is 35.5. The minimum Gasteiger partial charge on any atom is -0.286 e. The normalized spacial score (nSPS) is 17.6. The molecular weight excluding hydrogens is 583 g/mol. The summed E-state index contributed by atoms with van der Waals surface area (Å²) in [6, 6.07) is 42.4. The molecular formula is C34H22Cl2N4OS. The summed E-state index contributed by atoms with van der Waals surface area (Å²) in [6.07, 6.45) is 0. The first-order valence-corrected chi connectivity index (χ1v) is 14.9. The molecule has 0 radical (unpaired) electrons. The molecule has 5 aromatic rings. The van der Waals surface area contributed by atoms with Crippen molar-refractivity contribution in [2.45, 2.75) is 4.99 Å². The van der Waals surface area contributed by atoms with Crippen LogP contribution >= 0.6 is 35.0 Å². The molecule has 2 heterocycles. The number of hydrazone groups is 2. The molecule has 0 saturated heterocycles. The zero-order valence-corrected chi connectivity index (χ0v) is 24.4. The third kappa shape index (κ3) is 4.40. The number of fused-ring (bicyclic) bond motifs is 2. The molecule has 42 heavy (non-hydrogen) atoms. The number of ketones is 1. The van der Waals surface area contributed by atoms with Gasteiger partial charge in [0.15, 0.2) is 5.04 Å². The second kappa shape index (κ2) is 10.8. The van der Waals surface area contributed by atoms with Crippen molar-refractivity contribution < 1.29 is 4.79 Å². The minimum absolute atomic E-state index is 0.156. The van der Waals surface area contributed by atoms with E-state index in [0.29, 0.717) is 31.9 Å². The molecule has 5 nitrogen and oxygen atoms in total. The fraction of sp³-hybridized carbons (Fsp3) is 0.0294. The number of para-hydroxylation sites is 2. The highest BCUT2D eigenvalue weighted by molar-refractivity contribution is 8.17. The summed E-state index contributed by atoms with van der Waals surface area (Å²) < 4.78 is 0. The highest BCUT2D eigenvalue weighted by Gasteiger charge is 2.56. The van der Waals surface area contributed by atoms with Gasteiger partial charge in [-0.25, -0.2) is 10.0 Å². The number of nitrogens with zero attached hydrogens (tertiary/aromatic N) is 4. The van der Waals surface area contributed by atoms with Gasteiger partial charge in [0.05, 0.1) is 16.4 Å². The van der Waals surface area contributed by atoms with Crippen molar-refractivity contribution in [3.63, 3.8) is 0 Å². The van der Waals surface area contributed by atoms with Gasteiger partial charge in [-0.3, -0.25) is 4.79 Å². The van der Waals surface area contributed by atoms with E-state index in [1.54, 1.807) is 12.1 Å². The summed E-state index contributed by atoms with van der Waals surface area (Å²) >= 11 is 14.6. The van der Waals surface area contributed by atoms with Crippen LogP contribution in [0.2, 0.25) is 10.0 Å². The van der Waals surface area contributed by atoms with Crippen LogP contribution in [-0.2, 0) is 4.99 Å². The predicted octanol–water partition coefficient (Wildman–Crippen LogP) is 8.83. The predicted molar refractivity (Wildman–Crippen MR) is 174 cm³/mol. The summed E-state index contributed by atoms with van der Waals surface area (Å²) in [4.78, 5) is 12.8. The molecule has 0 unspecified atom stereocenters. The van der Waals surface area contributed by atoms with Crippen molar-refractivity contribution in [1.82, 2.24) is 0 Å². The first-order chi connectivity index (χ1) is 20.6. The molecule has 0 fully saturated rings. The Labute approximate surface area is 257 Å². The molecule has 0 aromatic heterocycles. The molecule has 2 aliphatic heterocycles. The maximum absolute atomic E-state index is 13.9. The van der Waals surface area contributed by atoms with Gasteiger partial charge in [0, 0.05) is 27.3 Å². The van der Waals surface area contributed by atoms with E-state index in [1.165, 1.54) is 11.8 Å². The van der Waals surface area contributed by atoms with Gasteiger partial charge in [-0.2, -0.15) is 10.2 Å². The molecule has 0 N–H and O–H groups in total. The van der Waals surface area contributed by atoms with Crippen LogP contribution in [0.4, 0.5) is 11.4 Å². The number of carbonyl (C=O) groups is 1. The smallest absolute Gasteiger partial charge is 0.234 e. The second-order valence-electron chi connectivity index (χ2n) is 9.72. The average Bonchev–Trinajstić information content (AvgIpc) is 3.44. The van der Waals surface area contributed by atoms with E-state index in [1.807, 2.05) is 125 Å². The summed E-state index contributed by atoms with van der Waals surface area (Å²) in [5.41, 5.74) is 5.36. The van der Waals surface area contributed by atoms with Crippen LogP contribution in [0.3, 0.4) is 0 Å². The Kier molecular flexibility index (Phi) is 6.82. The monoisotopic (exact) mass is 604 g/mol. The Morgan fingerprint density at radius 2 is 1.21 bits per heavy atom. The first kappa shape index (κ1) is 26.5. The molecule has 8 heteroatoms. The fourth-order valence-corrected chi connectivity index (χ4v) is 6.99. The molecule has 7 rings (SSSR count). The van der Waals surface area contributed by atoms with Crippen molar-refractivity contribution >= 4 is 62.9 Å². The van der Waals surface area contributed by atoms with Crippen molar-refractivity contribution in [2.24, 2.45) is 10.2 Å². The Morgan fingerprint density at radius 3 is 1.88 bits per heavy atom. The lowest BCUT2D eigenvalue weighted by atomic mass is 9.93.